The summed E-state index contributed by atoms with van der Waals surface area (Å²) in [6, 6.07) is 8.39. The Hall–Kier alpha value is -0.800. The third-order valence-corrected chi connectivity index (χ3v) is 3.53. The van der Waals surface area contributed by atoms with E-state index >= 15 is 0 Å². The van der Waals surface area contributed by atoms with E-state index in [2.05, 4.69) is 45.7 Å². The van der Waals surface area contributed by atoms with Crippen LogP contribution in [0.4, 0.5) is 5.69 Å². The van der Waals surface area contributed by atoms with Gasteiger partial charge in [0.05, 0.1) is 5.52 Å². The number of hydrogen-bond donors (Lipinski definition) is 0. The second-order valence-electron chi connectivity index (χ2n) is 4.47. The lowest BCUT2D eigenvalue weighted by Crippen LogP contribution is -2.32. The Morgan fingerprint density at radius 3 is 2.78 bits per heavy atom. The van der Waals surface area contributed by atoms with Gasteiger partial charge in [-0.3, -0.25) is 4.98 Å². The van der Waals surface area contributed by atoms with Crippen LogP contribution < -0.4 is 4.90 Å². The number of pyridine rings is 1. The summed E-state index contributed by atoms with van der Waals surface area (Å²) in [5.74, 6) is 0. The zero-order valence-corrected chi connectivity index (χ0v) is 12.9. The van der Waals surface area contributed by atoms with Crippen molar-refractivity contribution in [3.05, 3.63) is 35.5 Å². The van der Waals surface area contributed by atoms with Gasteiger partial charge in [0.25, 0.3) is 0 Å². The van der Waals surface area contributed by atoms with Crippen molar-refractivity contribution in [2.45, 2.75) is 19.9 Å². The third kappa shape index (κ3) is 2.78. The number of nitrogens with zero attached hydrogens (tertiary/aromatic N) is 2. The van der Waals surface area contributed by atoms with E-state index in [1.54, 1.807) is 0 Å². The molecule has 4 heteroatoms. The number of hydrogen-bond acceptors (Lipinski definition) is 2. The fourth-order valence-electron chi connectivity index (χ4n) is 2.10. The normalized spacial score (nSPS) is 11.2. The SMILES string of the molecule is CC(C)N(CCBr)c1ccnc2cc(Cl)ccc12. The predicted octanol–water partition coefficient (Wildman–Crippen LogP) is 4.50. The third-order valence-electron chi connectivity index (χ3n) is 2.94. The number of rotatable bonds is 4. The fourth-order valence-corrected chi connectivity index (χ4v) is 2.65. The van der Waals surface area contributed by atoms with Gasteiger partial charge in [-0.25, -0.2) is 0 Å². The van der Waals surface area contributed by atoms with E-state index in [-0.39, 0.29) is 0 Å². The highest BCUT2D eigenvalue weighted by Gasteiger charge is 2.13. The number of alkyl halides is 1. The molecule has 0 N–H and O–H groups in total. The maximum Gasteiger partial charge on any atom is 0.0737 e. The highest BCUT2D eigenvalue weighted by Crippen LogP contribution is 2.28. The Labute approximate surface area is 121 Å². The van der Waals surface area contributed by atoms with E-state index in [0.717, 1.165) is 27.8 Å². The van der Waals surface area contributed by atoms with Crippen molar-refractivity contribution in [3.63, 3.8) is 0 Å². The minimum Gasteiger partial charge on any atom is -0.368 e. The van der Waals surface area contributed by atoms with Crippen molar-refractivity contribution in [1.29, 1.82) is 0 Å². The van der Waals surface area contributed by atoms with Crippen molar-refractivity contribution in [2.24, 2.45) is 0 Å². The van der Waals surface area contributed by atoms with E-state index in [4.69, 9.17) is 11.6 Å². The monoisotopic (exact) mass is 326 g/mol. The molecule has 0 fully saturated rings. The second-order valence-corrected chi connectivity index (χ2v) is 5.70. The van der Waals surface area contributed by atoms with Crippen LogP contribution in [0.1, 0.15) is 13.8 Å². The first-order valence-electron chi connectivity index (χ1n) is 6.00. The zero-order valence-electron chi connectivity index (χ0n) is 10.5. The van der Waals surface area contributed by atoms with Crippen LogP contribution in [0, 0.1) is 0 Å². The summed E-state index contributed by atoms with van der Waals surface area (Å²) in [4.78, 5) is 6.75. The van der Waals surface area contributed by atoms with Crippen LogP contribution in [0.15, 0.2) is 30.5 Å². The van der Waals surface area contributed by atoms with Gasteiger partial charge in [-0.05, 0) is 38.1 Å². The van der Waals surface area contributed by atoms with E-state index in [1.807, 2.05) is 24.4 Å². The summed E-state index contributed by atoms with van der Waals surface area (Å²) in [6.45, 7) is 5.37. The molecule has 18 heavy (non-hydrogen) atoms. The topological polar surface area (TPSA) is 16.1 Å². The number of halogens is 2. The van der Waals surface area contributed by atoms with Gasteiger partial charge in [-0.15, -0.1) is 0 Å². The van der Waals surface area contributed by atoms with E-state index in [1.165, 1.54) is 5.69 Å². The van der Waals surface area contributed by atoms with Crippen LogP contribution in [0.5, 0.6) is 0 Å². The highest BCUT2D eigenvalue weighted by molar-refractivity contribution is 9.09. The molecule has 0 saturated carbocycles. The van der Waals surface area contributed by atoms with Crippen molar-refractivity contribution < 1.29 is 0 Å². The summed E-state index contributed by atoms with van der Waals surface area (Å²) < 4.78 is 0. The molecule has 1 aromatic carbocycles. The molecule has 2 nitrogen and oxygen atoms in total. The van der Waals surface area contributed by atoms with Gasteiger partial charge in [-0.2, -0.15) is 0 Å². The summed E-state index contributed by atoms with van der Waals surface area (Å²) >= 11 is 9.53. The van der Waals surface area contributed by atoms with Crippen LogP contribution in [0.2, 0.25) is 5.02 Å². The van der Waals surface area contributed by atoms with Crippen LogP contribution in [-0.2, 0) is 0 Å². The minimum absolute atomic E-state index is 0.448. The van der Waals surface area contributed by atoms with Gasteiger partial charge in [0.2, 0.25) is 0 Å². The van der Waals surface area contributed by atoms with Gasteiger partial charge in [0, 0.05) is 40.2 Å². The van der Waals surface area contributed by atoms with Crippen LogP contribution >= 0.6 is 27.5 Å². The number of fused-ring (bicyclic) bond motifs is 1. The molecular weight excluding hydrogens is 312 g/mol. The predicted molar refractivity (Wildman–Crippen MR) is 83.0 cm³/mol. The Morgan fingerprint density at radius 1 is 1.33 bits per heavy atom. The quantitative estimate of drug-likeness (QED) is 0.769. The molecule has 0 bridgehead atoms. The Balaban J connectivity index is 2.55. The molecule has 2 aromatic rings. The van der Waals surface area contributed by atoms with E-state index < -0.39 is 0 Å². The molecule has 0 aliphatic carbocycles. The van der Waals surface area contributed by atoms with Crippen molar-refractivity contribution in [1.82, 2.24) is 4.98 Å². The molecule has 0 atom stereocenters. The number of aromatic nitrogens is 1. The first-order chi connectivity index (χ1) is 8.63. The van der Waals surface area contributed by atoms with E-state index in [9.17, 15) is 0 Å². The van der Waals surface area contributed by atoms with Gasteiger partial charge in [-0.1, -0.05) is 27.5 Å². The van der Waals surface area contributed by atoms with Gasteiger partial charge in [0.15, 0.2) is 0 Å². The fraction of sp³-hybridized carbons (Fsp3) is 0.357. The average molecular weight is 328 g/mol. The molecule has 0 radical (unpaired) electrons. The van der Waals surface area contributed by atoms with Gasteiger partial charge < -0.3 is 4.90 Å². The van der Waals surface area contributed by atoms with Crippen LogP contribution in [0.25, 0.3) is 10.9 Å². The van der Waals surface area contributed by atoms with Gasteiger partial charge >= 0.3 is 0 Å². The minimum atomic E-state index is 0.448. The Morgan fingerprint density at radius 2 is 2.11 bits per heavy atom. The maximum atomic E-state index is 6.01. The molecule has 96 valence electrons. The lowest BCUT2D eigenvalue weighted by Gasteiger charge is -2.29. The molecule has 0 saturated heterocycles. The average Bonchev–Trinajstić information content (AvgIpc) is 2.34. The first kappa shape index (κ1) is 13.6. The van der Waals surface area contributed by atoms with E-state index in [0.29, 0.717) is 6.04 Å². The molecule has 2 rings (SSSR count). The van der Waals surface area contributed by atoms with Gasteiger partial charge in [0.1, 0.15) is 0 Å². The largest absolute Gasteiger partial charge is 0.368 e. The molecule has 0 amide bonds. The molecule has 0 unspecified atom stereocenters. The summed E-state index contributed by atoms with van der Waals surface area (Å²) in [7, 11) is 0. The Kier molecular flexibility index (Phi) is 4.46. The lowest BCUT2D eigenvalue weighted by atomic mass is 10.1. The standard InChI is InChI=1S/C14H16BrClN2/c1-10(2)18(8-6-15)14-5-7-17-13-9-11(16)3-4-12(13)14/h3-5,7,9-10H,6,8H2,1-2H3. The lowest BCUT2D eigenvalue weighted by molar-refractivity contribution is 0.710. The molecular formula is C14H16BrClN2. The second kappa shape index (κ2) is 5.89. The van der Waals surface area contributed by atoms with Crippen molar-refractivity contribution >= 4 is 44.1 Å². The summed E-state index contributed by atoms with van der Waals surface area (Å²) in [6.07, 6.45) is 1.84. The molecule has 1 heterocycles. The van der Waals surface area contributed by atoms with Crippen LogP contribution in [0.3, 0.4) is 0 Å². The molecule has 0 aliphatic rings. The molecule has 0 spiro atoms. The maximum absolute atomic E-state index is 6.01. The summed E-state index contributed by atoms with van der Waals surface area (Å²) in [5.41, 5.74) is 2.16. The number of benzene rings is 1. The first-order valence-corrected chi connectivity index (χ1v) is 7.50. The number of anilines is 1. The highest BCUT2D eigenvalue weighted by atomic mass is 79.9. The zero-order chi connectivity index (χ0) is 13.1. The van der Waals surface area contributed by atoms with Crippen molar-refractivity contribution in [2.75, 3.05) is 16.8 Å². The smallest absolute Gasteiger partial charge is 0.0737 e. The van der Waals surface area contributed by atoms with Crippen molar-refractivity contribution in [3.8, 4) is 0 Å². The molecule has 1 aromatic heterocycles. The van der Waals surface area contributed by atoms with Crippen LogP contribution in [-0.4, -0.2) is 22.9 Å². The molecule has 0 aliphatic heterocycles. The Bertz CT molecular complexity index is 542. The summed E-state index contributed by atoms with van der Waals surface area (Å²) in [5, 5.41) is 2.82.